The summed E-state index contributed by atoms with van der Waals surface area (Å²) in [6.45, 7) is 4.37. The van der Waals surface area contributed by atoms with Crippen LogP contribution in [0, 0.1) is 13.8 Å². The fraction of sp³-hybridized carbons (Fsp3) is 0.222. The number of benzene rings is 3. The van der Waals surface area contributed by atoms with Gasteiger partial charge in [-0.3, -0.25) is 9.36 Å². The number of rotatable bonds is 9. The molecule has 1 N–H and O–H groups in total. The van der Waals surface area contributed by atoms with Gasteiger partial charge in [-0.05, 0) is 60.4 Å². The summed E-state index contributed by atoms with van der Waals surface area (Å²) in [5.74, 6) is 2.07. The molecule has 1 aromatic heterocycles. The third-order valence-electron chi connectivity index (χ3n) is 5.70. The van der Waals surface area contributed by atoms with Crippen LogP contribution in [-0.2, 0) is 23.5 Å². The number of amides is 1. The Labute approximate surface area is 214 Å². The number of hydrogen-bond acceptors (Lipinski definition) is 5. The molecule has 0 aliphatic carbocycles. The molecule has 0 saturated carbocycles. The molecule has 0 bridgehead atoms. The minimum absolute atomic E-state index is 0.0957. The van der Waals surface area contributed by atoms with Gasteiger partial charge < -0.3 is 10.1 Å². The molecule has 180 valence electrons. The molecular formula is C27H27ClN4O2S. The van der Waals surface area contributed by atoms with Crippen molar-refractivity contribution < 1.29 is 9.53 Å². The van der Waals surface area contributed by atoms with E-state index in [1.165, 1.54) is 11.1 Å². The molecule has 0 aliphatic rings. The standard InChI is InChI=1S/C27H27ClN4O2S/c1-18-6-4-5-7-21(18)17-35-27-31-30-25(32(27)24-15-22(28)11-8-19(24)2)16-29-26(33)14-20-9-12-23(34-3)13-10-20/h4-13,15H,14,16-17H2,1-3H3,(H,29,33). The monoisotopic (exact) mass is 506 g/mol. The van der Waals surface area contributed by atoms with Crippen molar-refractivity contribution in [2.45, 2.75) is 37.7 Å². The maximum absolute atomic E-state index is 12.6. The second-order valence-corrected chi connectivity index (χ2v) is 9.56. The zero-order valence-electron chi connectivity index (χ0n) is 19.9. The van der Waals surface area contributed by atoms with Gasteiger partial charge in [0.2, 0.25) is 5.91 Å². The van der Waals surface area contributed by atoms with Crippen molar-refractivity contribution in [3.05, 3.63) is 99.8 Å². The van der Waals surface area contributed by atoms with Crippen LogP contribution in [0.25, 0.3) is 5.69 Å². The first-order valence-corrected chi connectivity index (χ1v) is 12.6. The van der Waals surface area contributed by atoms with Crippen LogP contribution in [0.5, 0.6) is 5.75 Å². The fourth-order valence-electron chi connectivity index (χ4n) is 3.66. The van der Waals surface area contributed by atoms with Gasteiger partial charge >= 0.3 is 0 Å². The van der Waals surface area contributed by atoms with Gasteiger partial charge in [-0.25, -0.2) is 0 Å². The molecule has 1 amide bonds. The average molecular weight is 507 g/mol. The van der Waals surface area contributed by atoms with Crippen LogP contribution in [-0.4, -0.2) is 27.8 Å². The van der Waals surface area contributed by atoms with Crippen molar-refractivity contribution >= 4 is 29.3 Å². The summed E-state index contributed by atoms with van der Waals surface area (Å²) < 4.78 is 7.16. The summed E-state index contributed by atoms with van der Waals surface area (Å²) >= 11 is 7.94. The van der Waals surface area contributed by atoms with Crippen LogP contribution in [0.1, 0.15) is 28.1 Å². The lowest BCUT2D eigenvalue weighted by Crippen LogP contribution is -2.26. The van der Waals surface area contributed by atoms with E-state index in [-0.39, 0.29) is 18.9 Å². The van der Waals surface area contributed by atoms with Crippen LogP contribution >= 0.6 is 23.4 Å². The predicted octanol–water partition coefficient (Wildman–Crippen LogP) is 5.70. The number of nitrogens with zero attached hydrogens (tertiary/aromatic N) is 3. The molecule has 35 heavy (non-hydrogen) atoms. The lowest BCUT2D eigenvalue weighted by molar-refractivity contribution is -0.120. The molecule has 8 heteroatoms. The van der Waals surface area contributed by atoms with Crippen LogP contribution in [0.4, 0.5) is 0 Å². The van der Waals surface area contributed by atoms with Crippen molar-refractivity contribution in [2.24, 2.45) is 0 Å². The van der Waals surface area contributed by atoms with Crippen LogP contribution < -0.4 is 10.1 Å². The number of thioether (sulfide) groups is 1. The van der Waals surface area contributed by atoms with E-state index in [2.05, 4.69) is 34.6 Å². The van der Waals surface area contributed by atoms with E-state index in [1.54, 1.807) is 18.9 Å². The molecule has 0 spiro atoms. The van der Waals surface area contributed by atoms with E-state index in [1.807, 2.05) is 66.1 Å². The normalized spacial score (nSPS) is 10.9. The number of aromatic nitrogens is 3. The molecule has 4 rings (SSSR count). The van der Waals surface area contributed by atoms with Crippen molar-refractivity contribution in [2.75, 3.05) is 7.11 Å². The van der Waals surface area contributed by atoms with Gasteiger partial charge in [0, 0.05) is 10.8 Å². The van der Waals surface area contributed by atoms with E-state index in [9.17, 15) is 4.79 Å². The molecule has 0 unspecified atom stereocenters. The largest absolute Gasteiger partial charge is 0.497 e. The highest BCUT2D eigenvalue weighted by Crippen LogP contribution is 2.29. The Morgan fingerprint density at radius 3 is 2.54 bits per heavy atom. The first-order chi connectivity index (χ1) is 16.9. The van der Waals surface area contributed by atoms with Crippen molar-refractivity contribution in [3.8, 4) is 11.4 Å². The smallest absolute Gasteiger partial charge is 0.224 e. The third kappa shape index (κ3) is 6.24. The van der Waals surface area contributed by atoms with Crippen LogP contribution in [0.2, 0.25) is 5.02 Å². The second kappa shape index (κ2) is 11.4. The zero-order chi connectivity index (χ0) is 24.8. The van der Waals surface area contributed by atoms with Crippen molar-refractivity contribution in [3.63, 3.8) is 0 Å². The Kier molecular flexibility index (Phi) is 8.10. The highest BCUT2D eigenvalue weighted by molar-refractivity contribution is 7.98. The van der Waals surface area contributed by atoms with Gasteiger partial charge in [-0.2, -0.15) is 0 Å². The minimum atomic E-state index is -0.0957. The molecule has 3 aromatic carbocycles. The highest BCUT2D eigenvalue weighted by Gasteiger charge is 2.18. The van der Waals surface area contributed by atoms with E-state index in [0.717, 1.165) is 33.5 Å². The lowest BCUT2D eigenvalue weighted by Gasteiger charge is -2.14. The summed E-state index contributed by atoms with van der Waals surface area (Å²) in [6, 6.07) is 21.5. The van der Waals surface area contributed by atoms with Gasteiger partial charge in [0.15, 0.2) is 11.0 Å². The van der Waals surface area contributed by atoms with Gasteiger partial charge in [-0.15, -0.1) is 10.2 Å². The number of aryl methyl sites for hydroxylation is 2. The highest BCUT2D eigenvalue weighted by atomic mass is 35.5. The summed E-state index contributed by atoms with van der Waals surface area (Å²) in [5, 5.41) is 13.2. The molecule has 0 atom stereocenters. The molecule has 0 saturated heterocycles. The zero-order valence-corrected chi connectivity index (χ0v) is 21.5. The topological polar surface area (TPSA) is 69.0 Å². The summed E-state index contributed by atoms with van der Waals surface area (Å²) in [6.07, 6.45) is 0.267. The molecule has 0 aliphatic heterocycles. The second-order valence-electron chi connectivity index (χ2n) is 8.18. The summed E-state index contributed by atoms with van der Waals surface area (Å²) in [4.78, 5) is 12.6. The molecule has 0 radical (unpaired) electrons. The number of halogens is 1. The Morgan fingerprint density at radius 2 is 1.80 bits per heavy atom. The average Bonchev–Trinajstić information content (AvgIpc) is 3.26. The first kappa shape index (κ1) is 24.8. The molecule has 4 aromatic rings. The molecule has 1 heterocycles. The Hall–Kier alpha value is -3.29. The number of methoxy groups -OCH3 is 1. The minimum Gasteiger partial charge on any atom is -0.497 e. The van der Waals surface area contributed by atoms with Crippen LogP contribution in [0.15, 0.2) is 71.9 Å². The van der Waals surface area contributed by atoms with Gasteiger partial charge in [-0.1, -0.05) is 65.8 Å². The van der Waals surface area contributed by atoms with Crippen molar-refractivity contribution in [1.82, 2.24) is 20.1 Å². The Bertz CT molecular complexity index is 1320. The molecule has 0 fully saturated rings. The Balaban J connectivity index is 1.54. The first-order valence-electron chi connectivity index (χ1n) is 11.2. The molecular weight excluding hydrogens is 480 g/mol. The van der Waals surface area contributed by atoms with Crippen LogP contribution in [0.3, 0.4) is 0 Å². The number of ether oxygens (including phenoxy) is 1. The number of nitrogens with one attached hydrogen (secondary N) is 1. The summed E-state index contributed by atoms with van der Waals surface area (Å²) in [5.41, 5.74) is 5.32. The Morgan fingerprint density at radius 1 is 1.03 bits per heavy atom. The summed E-state index contributed by atoms with van der Waals surface area (Å²) in [7, 11) is 1.62. The van der Waals surface area contributed by atoms with Gasteiger partial charge in [0.25, 0.3) is 0 Å². The van der Waals surface area contributed by atoms with E-state index < -0.39 is 0 Å². The van der Waals surface area contributed by atoms with E-state index in [4.69, 9.17) is 16.3 Å². The predicted molar refractivity (Wildman–Crippen MR) is 140 cm³/mol. The SMILES string of the molecule is COc1ccc(CC(=O)NCc2nnc(SCc3ccccc3C)n2-c2cc(Cl)ccc2C)cc1. The maximum Gasteiger partial charge on any atom is 0.224 e. The van der Waals surface area contributed by atoms with E-state index in [0.29, 0.717) is 10.8 Å². The number of carbonyl (C=O) groups excluding carboxylic acids is 1. The van der Waals surface area contributed by atoms with Gasteiger partial charge in [0.05, 0.1) is 25.8 Å². The fourth-order valence-corrected chi connectivity index (χ4v) is 4.86. The quantitative estimate of drug-likeness (QED) is 0.295. The lowest BCUT2D eigenvalue weighted by atomic mass is 10.1. The maximum atomic E-state index is 12.6. The molecule has 6 nitrogen and oxygen atoms in total. The number of hydrogen-bond donors (Lipinski definition) is 1. The van der Waals surface area contributed by atoms with Gasteiger partial charge in [0.1, 0.15) is 5.75 Å². The number of carbonyl (C=O) groups is 1. The third-order valence-corrected chi connectivity index (χ3v) is 6.91. The van der Waals surface area contributed by atoms with Crippen molar-refractivity contribution in [1.29, 1.82) is 0 Å². The van der Waals surface area contributed by atoms with E-state index >= 15 is 0 Å².